The van der Waals surface area contributed by atoms with Crippen molar-refractivity contribution in [2.24, 2.45) is 0 Å². The minimum absolute atomic E-state index is 0.00904. The Morgan fingerprint density at radius 2 is 2.00 bits per heavy atom. The number of carboxylic acid groups (broad SMARTS) is 1. The van der Waals surface area contributed by atoms with Gasteiger partial charge in [0.25, 0.3) is 0 Å². The third-order valence-corrected chi connectivity index (χ3v) is 2.82. The van der Waals surface area contributed by atoms with E-state index < -0.39 is 5.97 Å². The molecule has 1 aromatic rings. The second kappa shape index (κ2) is 7.35. The number of hydrogen-bond acceptors (Lipinski definition) is 3. The van der Waals surface area contributed by atoms with Gasteiger partial charge in [-0.3, -0.25) is 0 Å². The molecule has 0 bridgehead atoms. The van der Waals surface area contributed by atoms with Gasteiger partial charge in [-0.05, 0) is 24.5 Å². The number of nitrogens with zero attached hydrogens (tertiary/aromatic N) is 1. The third kappa shape index (κ3) is 4.95. The average Bonchev–Trinajstić information content (AvgIpc) is 2.43. The van der Waals surface area contributed by atoms with Crippen molar-refractivity contribution in [3.8, 4) is 0 Å². The van der Waals surface area contributed by atoms with Crippen LogP contribution in [0, 0.1) is 0 Å². The van der Waals surface area contributed by atoms with E-state index in [1.54, 1.807) is 6.07 Å². The minimum Gasteiger partial charge on any atom is -0.477 e. The van der Waals surface area contributed by atoms with Gasteiger partial charge in [-0.2, -0.15) is 0 Å². The van der Waals surface area contributed by atoms with Gasteiger partial charge < -0.3 is 15.7 Å². The zero-order valence-electron chi connectivity index (χ0n) is 11.1. The van der Waals surface area contributed by atoms with Crippen LogP contribution in [0.1, 0.15) is 42.7 Å². The molecule has 0 aliphatic heterocycles. The monoisotopic (exact) mass is 265 g/mol. The molecule has 6 heteroatoms. The van der Waals surface area contributed by atoms with Crippen molar-refractivity contribution in [3.05, 3.63) is 29.6 Å². The molecule has 0 aliphatic rings. The number of nitrogens with one attached hydrogen (secondary N) is 2. The summed E-state index contributed by atoms with van der Waals surface area (Å²) >= 11 is 0. The van der Waals surface area contributed by atoms with E-state index in [4.69, 9.17) is 5.11 Å². The second-order valence-electron chi connectivity index (χ2n) is 4.20. The lowest BCUT2D eigenvalue weighted by Gasteiger charge is -2.15. The number of carbonyl (C=O) groups is 2. The van der Waals surface area contributed by atoms with Crippen LogP contribution in [0.2, 0.25) is 0 Å². The number of hydrogen-bond donors (Lipinski definition) is 3. The highest BCUT2D eigenvalue weighted by molar-refractivity contribution is 5.85. The first kappa shape index (κ1) is 14.9. The van der Waals surface area contributed by atoms with Crippen LogP contribution in [0.25, 0.3) is 0 Å². The Morgan fingerprint density at radius 3 is 2.47 bits per heavy atom. The molecule has 6 nitrogen and oxygen atoms in total. The van der Waals surface area contributed by atoms with E-state index in [1.165, 1.54) is 12.3 Å². The summed E-state index contributed by atoms with van der Waals surface area (Å²) in [5.41, 5.74) is 0.745. The molecule has 1 rings (SSSR count). The molecule has 0 atom stereocenters. The average molecular weight is 265 g/mol. The van der Waals surface area contributed by atoms with Gasteiger partial charge in [0.05, 0.1) is 0 Å². The van der Waals surface area contributed by atoms with Crippen LogP contribution in [-0.4, -0.2) is 28.1 Å². The van der Waals surface area contributed by atoms with Crippen molar-refractivity contribution in [3.63, 3.8) is 0 Å². The van der Waals surface area contributed by atoms with Crippen LogP contribution in [0.4, 0.5) is 4.79 Å². The van der Waals surface area contributed by atoms with Crippen LogP contribution >= 0.6 is 0 Å². The van der Waals surface area contributed by atoms with Crippen LogP contribution in [0.3, 0.4) is 0 Å². The molecule has 0 unspecified atom stereocenters. The molecule has 1 aromatic heterocycles. The quantitative estimate of drug-likeness (QED) is 0.731. The normalized spacial score (nSPS) is 10.3. The van der Waals surface area contributed by atoms with Crippen molar-refractivity contribution in [1.82, 2.24) is 15.6 Å². The summed E-state index contributed by atoms with van der Waals surface area (Å²) in [6.45, 7) is 4.35. The topological polar surface area (TPSA) is 91.3 Å². The summed E-state index contributed by atoms with van der Waals surface area (Å²) in [5.74, 6) is -1.06. The van der Waals surface area contributed by atoms with Crippen molar-refractivity contribution in [2.75, 3.05) is 0 Å². The zero-order chi connectivity index (χ0) is 14.3. The van der Waals surface area contributed by atoms with Gasteiger partial charge in [-0.25, -0.2) is 14.6 Å². The molecule has 0 saturated carbocycles. The summed E-state index contributed by atoms with van der Waals surface area (Å²) in [7, 11) is 0. The minimum atomic E-state index is -1.06. The molecule has 0 aromatic carbocycles. The van der Waals surface area contributed by atoms with Gasteiger partial charge in [0, 0.05) is 18.8 Å². The lowest BCUT2D eigenvalue weighted by molar-refractivity contribution is 0.0690. The molecule has 3 N–H and O–H groups in total. The molecule has 1 heterocycles. The molecule has 0 radical (unpaired) electrons. The van der Waals surface area contributed by atoms with E-state index in [0.29, 0.717) is 6.54 Å². The maximum atomic E-state index is 11.6. The van der Waals surface area contributed by atoms with Crippen molar-refractivity contribution in [1.29, 1.82) is 0 Å². The molecule has 0 spiro atoms. The third-order valence-electron chi connectivity index (χ3n) is 2.82. The van der Waals surface area contributed by atoms with E-state index in [9.17, 15) is 9.59 Å². The Balaban J connectivity index is 2.43. The fourth-order valence-corrected chi connectivity index (χ4v) is 1.57. The van der Waals surface area contributed by atoms with E-state index in [1.807, 2.05) is 13.8 Å². The zero-order valence-corrected chi connectivity index (χ0v) is 11.1. The van der Waals surface area contributed by atoms with E-state index in [2.05, 4.69) is 15.6 Å². The number of aromatic carboxylic acids is 1. The first-order valence-corrected chi connectivity index (χ1v) is 6.29. The Bertz CT molecular complexity index is 427. The molecule has 0 saturated heterocycles. The van der Waals surface area contributed by atoms with Gasteiger partial charge in [0.1, 0.15) is 5.69 Å². The molecule has 0 fully saturated rings. The molecule has 2 amide bonds. The number of carboxylic acids is 1. The first-order chi connectivity index (χ1) is 9.06. The summed E-state index contributed by atoms with van der Waals surface area (Å²) in [6, 6.07) is 3.00. The molecule has 0 aliphatic carbocycles. The molecular formula is C13H19N3O3. The second-order valence-corrected chi connectivity index (χ2v) is 4.20. The molecule has 19 heavy (non-hydrogen) atoms. The SMILES string of the molecule is CCC(CC)NC(=O)NCc1ccc(C(=O)O)nc1. The molecular weight excluding hydrogens is 246 g/mol. The largest absolute Gasteiger partial charge is 0.477 e. The highest BCUT2D eigenvalue weighted by atomic mass is 16.4. The Hall–Kier alpha value is -2.11. The van der Waals surface area contributed by atoms with Crippen LogP contribution in [0.5, 0.6) is 0 Å². The Labute approximate surface area is 112 Å². The van der Waals surface area contributed by atoms with E-state index >= 15 is 0 Å². The standard InChI is InChI=1S/C13H19N3O3/c1-3-10(4-2)16-13(19)15-8-9-5-6-11(12(17)18)14-7-9/h5-7,10H,3-4,8H2,1-2H3,(H,17,18)(H2,15,16,19). The fraction of sp³-hybridized carbons (Fsp3) is 0.462. The lowest BCUT2D eigenvalue weighted by Crippen LogP contribution is -2.41. The summed E-state index contributed by atoms with van der Waals surface area (Å²) < 4.78 is 0. The van der Waals surface area contributed by atoms with E-state index in [-0.39, 0.29) is 17.8 Å². The maximum Gasteiger partial charge on any atom is 0.354 e. The summed E-state index contributed by atoms with van der Waals surface area (Å²) in [5, 5.41) is 14.3. The number of aromatic nitrogens is 1. The Kier molecular flexibility index (Phi) is 5.78. The fourth-order valence-electron chi connectivity index (χ4n) is 1.57. The van der Waals surface area contributed by atoms with Gasteiger partial charge in [0.2, 0.25) is 0 Å². The van der Waals surface area contributed by atoms with Gasteiger partial charge in [-0.1, -0.05) is 19.9 Å². The number of pyridine rings is 1. The van der Waals surface area contributed by atoms with Crippen molar-refractivity contribution < 1.29 is 14.7 Å². The van der Waals surface area contributed by atoms with E-state index in [0.717, 1.165) is 18.4 Å². The van der Waals surface area contributed by atoms with Crippen LogP contribution in [0.15, 0.2) is 18.3 Å². The number of amides is 2. The predicted octanol–water partition coefficient (Wildman–Crippen LogP) is 1.77. The summed E-state index contributed by atoms with van der Waals surface area (Å²) in [4.78, 5) is 26.0. The molecule has 104 valence electrons. The predicted molar refractivity (Wildman–Crippen MR) is 70.9 cm³/mol. The number of carbonyl (C=O) groups excluding carboxylic acids is 1. The highest BCUT2D eigenvalue weighted by Crippen LogP contribution is 2.00. The van der Waals surface area contributed by atoms with Gasteiger partial charge in [0.15, 0.2) is 0 Å². The van der Waals surface area contributed by atoms with Crippen molar-refractivity contribution in [2.45, 2.75) is 39.3 Å². The first-order valence-electron chi connectivity index (χ1n) is 6.29. The lowest BCUT2D eigenvalue weighted by atomic mass is 10.2. The summed E-state index contributed by atoms with van der Waals surface area (Å²) in [6.07, 6.45) is 3.22. The highest BCUT2D eigenvalue weighted by Gasteiger charge is 2.08. The number of urea groups is 1. The maximum absolute atomic E-state index is 11.6. The van der Waals surface area contributed by atoms with Crippen LogP contribution < -0.4 is 10.6 Å². The number of rotatable bonds is 6. The van der Waals surface area contributed by atoms with Crippen LogP contribution in [-0.2, 0) is 6.54 Å². The van der Waals surface area contributed by atoms with Gasteiger partial charge in [-0.15, -0.1) is 0 Å². The van der Waals surface area contributed by atoms with Gasteiger partial charge >= 0.3 is 12.0 Å². The van der Waals surface area contributed by atoms with Crippen molar-refractivity contribution >= 4 is 12.0 Å². The Morgan fingerprint density at radius 1 is 1.32 bits per heavy atom. The smallest absolute Gasteiger partial charge is 0.354 e.